The Morgan fingerprint density at radius 1 is 1.14 bits per heavy atom. The maximum Gasteiger partial charge on any atom is 0.254 e. The summed E-state index contributed by atoms with van der Waals surface area (Å²) in [6.45, 7) is 6.34. The lowest BCUT2D eigenvalue weighted by atomic mass is 9.97. The molecule has 0 saturated carbocycles. The molecular weight excluding hydrogens is 457 g/mol. The van der Waals surface area contributed by atoms with Gasteiger partial charge in [-0.1, -0.05) is 6.92 Å². The molecule has 8 heteroatoms. The Labute approximate surface area is 209 Å². The van der Waals surface area contributed by atoms with E-state index in [4.69, 9.17) is 4.74 Å². The molecule has 2 aromatic carbocycles. The van der Waals surface area contributed by atoms with Crippen LogP contribution in [0.3, 0.4) is 0 Å². The minimum Gasteiger partial charge on any atom is -0.457 e. The van der Waals surface area contributed by atoms with Gasteiger partial charge in [0.25, 0.3) is 5.91 Å². The average molecular weight is 488 g/mol. The third-order valence-electron chi connectivity index (χ3n) is 6.74. The van der Waals surface area contributed by atoms with Crippen molar-refractivity contribution in [3.8, 4) is 22.8 Å². The number of nitrogens with one attached hydrogen (secondary N) is 1. The Bertz CT molecular complexity index is 1440. The number of likely N-dealkylation sites (tertiary alicyclic amines) is 1. The molecule has 1 saturated heterocycles. The Kier molecular flexibility index (Phi) is 6.45. The van der Waals surface area contributed by atoms with Crippen molar-refractivity contribution in [1.82, 2.24) is 25.0 Å². The Morgan fingerprint density at radius 3 is 2.67 bits per heavy atom. The summed E-state index contributed by atoms with van der Waals surface area (Å²) in [5, 5.41) is 8.43. The van der Waals surface area contributed by atoms with E-state index in [1.807, 2.05) is 56.9 Å². The zero-order valence-corrected chi connectivity index (χ0v) is 21.0. The predicted octanol–water partition coefficient (Wildman–Crippen LogP) is 4.73. The zero-order valence-electron chi connectivity index (χ0n) is 21.0. The Hall–Kier alpha value is -3.78. The fourth-order valence-corrected chi connectivity index (χ4v) is 4.88. The Balaban J connectivity index is 1.37. The van der Waals surface area contributed by atoms with Crippen molar-refractivity contribution in [2.24, 2.45) is 13.0 Å². The molecule has 1 aliphatic heterocycles. The lowest BCUT2D eigenvalue weighted by molar-refractivity contribution is 0.0893. The first-order valence-corrected chi connectivity index (χ1v) is 12.2. The summed E-state index contributed by atoms with van der Waals surface area (Å²) in [5.74, 6) is 0.770. The molecule has 0 spiro atoms. The van der Waals surface area contributed by atoms with Gasteiger partial charge in [0.15, 0.2) is 0 Å². The van der Waals surface area contributed by atoms with Crippen LogP contribution in [0.5, 0.6) is 11.5 Å². The van der Waals surface area contributed by atoms with Crippen molar-refractivity contribution in [3.63, 3.8) is 0 Å². The molecule has 1 fully saturated rings. The highest BCUT2D eigenvalue weighted by Gasteiger charge is 2.25. The number of carbonyl (C=O) groups excluding carboxylic acids is 1. The first-order valence-electron chi connectivity index (χ1n) is 12.2. The number of halogens is 1. The number of rotatable bonds is 7. The smallest absolute Gasteiger partial charge is 0.254 e. The first kappa shape index (κ1) is 23.9. The molecule has 1 amide bonds. The molecule has 2 aromatic heterocycles. The van der Waals surface area contributed by atoms with Crippen LogP contribution < -0.4 is 10.1 Å². The third kappa shape index (κ3) is 4.68. The van der Waals surface area contributed by atoms with E-state index in [9.17, 15) is 4.79 Å². The second-order valence-corrected chi connectivity index (χ2v) is 9.51. The van der Waals surface area contributed by atoms with E-state index in [1.54, 1.807) is 18.3 Å². The number of fused-ring (bicyclic) bond motifs is 1. The number of carbonyl (C=O) groups is 1. The van der Waals surface area contributed by atoms with E-state index < -0.39 is 5.82 Å². The van der Waals surface area contributed by atoms with E-state index in [0.717, 1.165) is 29.7 Å². The van der Waals surface area contributed by atoms with Gasteiger partial charge in [0.2, 0.25) is 0 Å². The average Bonchev–Trinajstić information content (AvgIpc) is 3.13. The van der Waals surface area contributed by atoms with E-state index in [2.05, 4.69) is 20.3 Å². The number of pyridine rings is 1. The summed E-state index contributed by atoms with van der Waals surface area (Å²) in [5.41, 5.74) is 3.88. The van der Waals surface area contributed by atoms with Gasteiger partial charge in [0, 0.05) is 61.9 Å². The molecule has 1 aliphatic rings. The number of amides is 1. The fourth-order valence-electron chi connectivity index (χ4n) is 4.88. The quantitative estimate of drug-likeness (QED) is 0.408. The van der Waals surface area contributed by atoms with Crippen molar-refractivity contribution in [1.29, 1.82) is 0 Å². The van der Waals surface area contributed by atoms with Gasteiger partial charge in [-0.2, -0.15) is 5.10 Å². The van der Waals surface area contributed by atoms with Crippen LogP contribution in [0.2, 0.25) is 0 Å². The lowest BCUT2D eigenvalue weighted by Gasteiger charge is -2.36. The second-order valence-electron chi connectivity index (χ2n) is 9.51. The largest absolute Gasteiger partial charge is 0.457 e. The van der Waals surface area contributed by atoms with Crippen LogP contribution in [0.1, 0.15) is 28.5 Å². The van der Waals surface area contributed by atoms with Gasteiger partial charge in [-0.3, -0.25) is 14.5 Å². The van der Waals surface area contributed by atoms with Crippen LogP contribution in [0.4, 0.5) is 4.39 Å². The minimum absolute atomic E-state index is 0.112. The molecule has 0 unspecified atom stereocenters. The molecule has 7 nitrogen and oxygen atoms in total. The molecule has 186 valence electrons. The van der Waals surface area contributed by atoms with Gasteiger partial charge in [0.05, 0.1) is 22.5 Å². The number of ether oxygens (including phenoxy) is 1. The number of benzene rings is 2. The maximum atomic E-state index is 15.2. The summed E-state index contributed by atoms with van der Waals surface area (Å²) in [7, 11) is 3.94. The van der Waals surface area contributed by atoms with E-state index in [1.165, 1.54) is 6.07 Å². The van der Waals surface area contributed by atoms with Crippen LogP contribution in [-0.2, 0) is 13.5 Å². The molecular formula is C28H30FN5O2. The molecule has 4 aromatic rings. The highest BCUT2D eigenvalue weighted by molar-refractivity contribution is 5.96. The van der Waals surface area contributed by atoms with Crippen molar-refractivity contribution >= 4 is 16.8 Å². The number of hydrogen-bond acceptors (Lipinski definition) is 5. The summed E-state index contributed by atoms with van der Waals surface area (Å²) in [6.07, 6.45) is 2.16. The van der Waals surface area contributed by atoms with Crippen molar-refractivity contribution in [2.75, 3.05) is 26.7 Å². The molecule has 5 rings (SSSR count). The van der Waals surface area contributed by atoms with E-state index in [-0.39, 0.29) is 11.5 Å². The van der Waals surface area contributed by atoms with E-state index in [0.29, 0.717) is 47.2 Å². The number of nitrogens with zero attached hydrogens (tertiary/aromatic N) is 4. The van der Waals surface area contributed by atoms with Gasteiger partial charge < -0.3 is 15.0 Å². The van der Waals surface area contributed by atoms with Gasteiger partial charge >= 0.3 is 0 Å². The highest BCUT2D eigenvalue weighted by atomic mass is 19.1. The molecule has 1 N–H and O–H groups in total. The van der Waals surface area contributed by atoms with E-state index >= 15 is 4.39 Å². The zero-order chi connectivity index (χ0) is 25.4. The van der Waals surface area contributed by atoms with Crippen LogP contribution in [-0.4, -0.2) is 52.3 Å². The van der Waals surface area contributed by atoms with Crippen molar-refractivity contribution in [2.45, 2.75) is 20.3 Å². The van der Waals surface area contributed by atoms with Gasteiger partial charge in [-0.15, -0.1) is 0 Å². The van der Waals surface area contributed by atoms with Gasteiger partial charge in [0.1, 0.15) is 17.3 Å². The molecule has 3 heterocycles. The highest BCUT2D eigenvalue weighted by Crippen LogP contribution is 2.30. The standard InChI is InChI=1S/C28H30FN5O2/c1-5-19-10-20(11-24(29)27(19)28(35)31-14-18-15-33(3)16-18)25-12-22(8-9-30-25)36-21-6-7-23-17(2)32-34(4)26(23)13-21/h6-13,18H,5,14-16H2,1-4H3,(H,31,35). The number of hydrogen-bond donors (Lipinski definition) is 1. The van der Waals surface area contributed by atoms with Crippen LogP contribution in [0, 0.1) is 18.7 Å². The van der Waals surface area contributed by atoms with Crippen LogP contribution in [0.15, 0.2) is 48.7 Å². The Morgan fingerprint density at radius 2 is 1.92 bits per heavy atom. The molecule has 36 heavy (non-hydrogen) atoms. The van der Waals surface area contributed by atoms with Gasteiger partial charge in [-0.05, 0) is 56.3 Å². The normalized spacial score (nSPS) is 14.1. The second kappa shape index (κ2) is 9.70. The summed E-state index contributed by atoms with van der Waals surface area (Å²) >= 11 is 0. The topological polar surface area (TPSA) is 72.3 Å². The first-order chi connectivity index (χ1) is 17.3. The number of aryl methyl sites for hydroxylation is 3. The minimum atomic E-state index is -0.544. The van der Waals surface area contributed by atoms with Crippen LogP contribution >= 0.6 is 0 Å². The molecule has 0 radical (unpaired) electrons. The maximum absolute atomic E-state index is 15.2. The molecule has 0 atom stereocenters. The molecule has 0 aliphatic carbocycles. The molecule has 0 bridgehead atoms. The van der Waals surface area contributed by atoms with Crippen LogP contribution in [0.25, 0.3) is 22.2 Å². The SMILES string of the molecule is CCc1cc(-c2cc(Oc3ccc4c(C)nn(C)c4c3)ccn2)cc(F)c1C(=O)NCC1CN(C)C1. The van der Waals surface area contributed by atoms with Crippen molar-refractivity contribution in [3.05, 3.63) is 71.3 Å². The summed E-state index contributed by atoms with van der Waals surface area (Å²) in [4.78, 5) is 19.4. The van der Waals surface area contributed by atoms with Crippen molar-refractivity contribution < 1.29 is 13.9 Å². The number of aromatic nitrogens is 3. The summed E-state index contributed by atoms with van der Waals surface area (Å²) < 4.78 is 23.1. The lowest BCUT2D eigenvalue weighted by Crippen LogP contribution is -2.49. The predicted molar refractivity (Wildman–Crippen MR) is 138 cm³/mol. The fraction of sp³-hybridized carbons (Fsp3) is 0.321. The summed E-state index contributed by atoms with van der Waals surface area (Å²) in [6, 6.07) is 12.6. The third-order valence-corrected chi connectivity index (χ3v) is 6.74. The monoisotopic (exact) mass is 487 g/mol. The van der Waals surface area contributed by atoms with Gasteiger partial charge in [-0.25, -0.2) is 4.39 Å².